The van der Waals surface area contributed by atoms with Gasteiger partial charge in [-0.3, -0.25) is 0 Å². The lowest BCUT2D eigenvalue weighted by atomic mass is 9.96. The fourth-order valence-electron chi connectivity index (χ4n) is 3.23. The minimum Gasteiger partial charge on any atom is -0.312 e. The van der Waals surface area contributed by atoms with Crippen molar-refractivity contribution in [1.29, 1.82) is 0 Å². The molecule has 0 spiro atoms. The maximum absolute atomic E-state index is 3.73. The zero-order valence-corrected chi connectivity index (χ0v) is 14.0. The van der Waals surface area contributed by atoms with Gasteiger partial charge >= 0.3 is 0 Å². The van der Waals surface area contributed by atoms with Crippen molar-refractivity contribution in [2.75, 3.05) is 0 Å². The Morgan fingerprint density at radius 3 is 2.35 bits per heavy atom. The van der Waals surface area contributed by atoms with Gasteiger partial charge in [0.15, 0.2) is 0 Å². The Kier molecular flexibility index (Phi) is 11.0. The molecule has 1 heterocycles. The first kappa shape index (κ1) is 17.8. The second-order valence-corrected chi connectivity index (χ2v) is 6.65. The average Bonchev–Trinajstić information content (AvgIpc) is 2.45. The Morgan fingerprint density at radius 2 is 1.60 bits per heavy atom. The Morgan fingerprint density at radius 1 is 0.900 bits per heavy atom. The predicted octanol–water partition coefficient (Wildman–Crippen LogP) is 5.99. The van der Waals surface area contributed by atoms with Crippen molar-refractivity contribution >= 4 is 0 Å². The number of unbranched alkanes of at least 4 members (excludes halogenated alkanes) is 7. The van der Waals surface area contributed by atoms with E-state index < -0.39 is 0 Å². The van der Waals surface area contributed by atoms with E-state index in [2.05, 4.69) is 31.3 Å². The molecule has 20 heavy (non-hydrogen) atoms. The molecule has 1 saturated heterocycles. The molecule has 1 heteroatoms. The summed E-state index contributed by atoms with van der Waals surface area (Å²) in [7, 11) is 0. The van der Waals surface area contributed by atoms with Gasteiger partial charge in [-0.15, -0.1) is 0 Å². The van der Waals surface area contributed by atoms with Crippen LogP contribution < -0.4 is 5.32 Å². The first-order valence-electron chi connectivity index (χ1n) is 9.24. The second-order valence-electron chi connectivity index (χ2n) is 6.65. The van der Waals surface area contributed by atoms with Gasteiger partial charge in [0.1, 0.15) is 0 Å². The van der Waals surface area contributed by atoms with Gasteiger partial charge in [0, 0.05) is 12.1 Å². The molecule has 118 valence electrons. The van der Waals surface area contributed by atoms with Crippen molar-refractivity contribution in [3.63, 3.8) is 0 Å². The van der Waals surface area contributed by atoms with Crippen LogP contribution in [0.3, 0.4) is 0 Å². The number of rotatable bonds is 11. The van der Waals surface area contributed by atoms with Gasteiger partial charge in [-0.25, -0.2) is 0 Å². The van der Waals surface area contributed by atoms with Gasteiger partial charge in [0.2, 0.25) is 0 Å². The Bertz CT molecular complexity index is 234. The summed E-state index contributed by atoms with van der Waals surface area (Å²) in [6.07, 6.45) is 22.8. The fraction of sp³-hybridized carbons (Fsp3) is 0.895. The quantitative estimate of drug-likeness (QED) is 0.361. The van der Waals surface area contributed by atoms with Crippen LogP contribution in [0.5, 0.6) is 0 Å². The minimum atomic E-state index is 0.747. The third kappa shape index (κ3) is 9.58. The van der Waals surface area contributed by atoms with Crippen LogP contribution in [-0.4, -0.2) is 12.1 Å². The lowest BCUT2D eigenvalue weighted by molar-refractivity contribution is 0.318. The van der Waals surface area contributed by atoms with Crippen LogP contribution in [0.25, 0.3) is 0 Å². The Balaban J connectivity index is 1.84. The first-order valence-corrected chi connectivity index (χ1v) is 9.24. The monoisotopic (exact) mass is 279 g/mol. The lowest BCUT2D eigenvalue weighted by Crippen LogP contribution is -2.40. The molecular formula is C19H37N. The van der Waals surface area contributed by atoms with Crippen molar-refractivity contribution in [2.45, 2.75) is 109 Å². The highest BCUT2D eigenvalue weighted by Crippen LogP contribution is 2.16. The second kappa shape index (κ2) is 12.4. The van der Waals surface area contributed by atoms with Gasteiger partial charge in [-0.1, -0.05) is 57.6 Å². The van der Waals surface area contributed by atoms with Gasteiger partial charge in [0.05, 0.1) is 0 Å². The Labute approximate surface area is 127 Å². The van der Waals surface area contributed by atoms with E-state index in [-0.39, 0.29) is 0 Å². The maximum atomic E-state index is 3.73. The van der Waals surface area contributed by atoms with Crippen LogP contribution in [-0.2, 0) is 0 Å². The van der Waals surface area contributed by atoms with Crippen LogP contribution in [0.4, 0.5) is 0 Å². The summed E-state index contributed by atoms with van der Waals surface area (Å²) in [4.78, 5) is 0. The zero-order chi connectivity index (χ0) is 14.5. The van der Waals surface area contributed by atoms with Crippen LogP contribution >= 0.6 is 0 Å². The molecule has 2 atom stereocenters. The van der Waals surface area contributed by atoms with Crippen molar-refractivity contribution in [3.8, 4) is 0 Å². The first-order chi connectivity index (χ1) is 9.83. The third-order valence-electron chi connectivity index (χ3n) is 4.52. The molecule has 0 unspecified atom stereocenters. The highest BCUT2D eigenvalue weighted by Gasteiger charge is 2.16. The van der Waals surface area contributed by atoms with Crippen LogP contribution in [0.1, 0.15) is 97.3 Å². The summed E-state index contributed by atoms with van der Waals surface area (Å²) in [6, 6.07) is 1.54. The maximum Gasteiger partial charge on any atom is 0.00696 e. The molecule has 1 aliphatic rings. The van der Waals surface area contributed by atoms with Crippen LogP contribution in [0, 0.1) is 0 Å². The minimum absolute atomic E-state index is 0.747. The van der Waals surface area contributed by atoms with Gasteiger partial charge in [-0.05, 0) is 51.9 Å². The fourth-order valence-corrected chi connectivity index (χ4v) is 3.23. The highest BCUT2D eigenvalue weighted by atomic mass is 15.0. The van der Waals surface area contributed by atoms with Gasteiger partial charge < -0.3 is 5.32 Å². The molecule has 0 radical (unpaired) electrons. The van der Waals surface area contributed by atoms with Crippen molar-refractivity contribution in [1.82, 2.24) is 5.32 Å². The molecular weight excluding hydrogens is 242 g/mol. The van der Waals surface area contributed by atoms with Gasteiger partial charge in [-0.2, -0.15) is 0 Å². The Hall–Kier alpha value is -0.300. The summed E-state index contributed by atoms with van der Waals surface area (Å²) in [5, 5.41) is 3.73. The third-order valence-corrected chi connectivity index (χ3v) is 4.52. The number of nitrogens with one attached hydrogen (secondary N) is 1. The van der Waals surface area contributed by atoms with Crippen molar-refractivity contribution in [3.05, 3.63) is 12.2 Å². The molecule has 1 fully saturated rings. The topological polar surface area (TPSA) is 12.0 Å². The number of hydrogen-bond donors (Lipinski definition) is 1. The van der Waals surface area contributed by atoms with E-state index in [1.807, 2.05) is 0 Å². The van der Waals surface area contributed by atoms with Crippen molar-refractivity contribution < 1.29 is 0 Å². The normalized spacial score (nSPS) is 23.5. The number of piperidine rings is 1. The smallest absolute Gasteiger partial charge is 0.00696 e. The summed E-state index contributed by atoms with van der Waals surface area (Å²) >= 11 is 0. The molecule has 0 aromatic heterocycles. The number of hydrogen-bond acceptors (Lipinski definition) is 1. The summed E-state index contributed by atoms with van der Waals surface area (Å²) in [5.74, 6) is 0. The summed E-state index contributed by atoms with van der Waals surface area (Å²) in [5.41, 5.74) is 0. The largest absolute Gasteiger partial charge is 0.312 e. The SMILES string of the molecule is CCCCCCCC/C=C\CCC[C@H]1CCC[C@H](C)N1. The van der Waals surface area contributed by atoms with E-state index in [1.54, 1.807) is 0 Å². The molecule has 0 amide bonds. The van der Waals surface area contributed by atoms with E-state index in [9.17, 15) is 0 Å². The van der Waals surface area contributed by atoms with E-state index in [0.29, 0.717) is 0 Å². The number of allylic oxidation sites excluding steroid dienone is 2. The molecule has 0 aromatic rings. The van der Waals surface area contributed by atoms with E-state index in [4.69, 9.17) is 0 Å². The van der Waals surface area contributed by atoms with E-state index in [1.165, 1.54) is 83.5 Å². The van der Waals surface area contributed by atoms with Gasteiger partial charge in [0.25, 0.3) is 0 Å². The van der Waals surface area contributed by atoms with Crippen LogP contribution in [0.2, 0.25) is 0 Å². The van der Waals surface area contributed by atoms with Crippen LogP contribution in [0.15, 0.2) is 12.2 Å². The standard InChI is InChI=1S/C19H37N/c1-3-4-5-6-7-8-9-10-11-12-13-16-19-17-14-15-18(2)20-19/h10-11,18-20H,3-9,12-17H2,1-2H3/b11-10-/t18-,19-/m0/s1. The van der Waals surface area contributed by atoms with Crippen molar-refractivity contribution in [2.24, 2.45) is 0 Å². The summed E-state index contributed by atoms with van der Waals surface area (Å²) < 4.78 is 0. The predicted molar refractivity (Wildman–Crippen MR) is 91.2 cm³/mol. The summed E-state index contributed by atoms with van der Waals surface area (Å²) in [6.45, 7) is 4.61. The lowest BCUT2D eigenvalue weighted by Gasteiger charge is -2.28. The molecule has 1 rings (SSSR count). The highest BCUT2D eigenvalue weighted by molar-refractivity contribution is 4.83. The molecule has 0 aliphatic carbocycles. The van der Waals surface area contributed by atoms with E-state index in [0.717, 1.165) is 12.1 Å². The average molecular weight is 280 g/mol. The molecule has 1 aliphatic heterocycles. The molecule has 0 aromatic carbocycles. The molecule has 0 bridgehead atoms. The molecule has 1 N–H and O–H groups in total. The zero-order valence-electron chi connectivity index (χ0n) is 14.0. The molecule has 1 nitrogen and oxygen atoms in total. The molecule has 0 saturated carbocycles. The van der Waals surface area contributed by atoms with E-state index >= 15 is 0 Å².